The van der Waals surface area contributed by atoms with Gasteiger partial charge in [0.05, 0.1) is 16.5 Å². The maximum absolute atomic E-state index is 12.5. The summed E-state index contributed by atoms with van der Waals surface area (Å²) in [6, 6.07) is 2.86. The molecule has 0 saturated carbocycles. The van der Waals surface area contributed by atoms with Gasteiger partial charge in [-0.2, -0.15) is 13.2 Å². The zero-order valence-electron chi connectivity index (χ0n) is 9.79. The Kier molecular flexibility index (Phi) is 3.57. The van der Waals surface area contributed by atoms with Crippen LogP contribution in [0.3, 0.4) is 0 Å². The van der Waals surface area contributed by atoms with Crippen molar-refractivity contribution < 1.29 is 18.3 Å². The van der Waals surface area contributed by atoms with Gasteiger partial charge < -0.3 is 10.1 Å². The third-order valence-corrected chi connectivity index (χ3v) is 2.65. The van der Waals surface area contributed by atoms with E-state index in [0.717, 1.165) is 12.1 Å². The van der Waals surface area contributed by atoms with Crippen LogP contribution in [0.2, 0.25) is 0 Å². The maximum atomic E-state index is 12.5. The van der Waals surface area contributed by atoms with Crippen molar-refractivity contribution in [3.05, 3.63) is 39.9 Å². The number of nitrogens with zero attached hydrogens (tertiary/aromatic N) is 1. The molecule has 4 nitrogen and oxygen atoms in total. The van der Waals surface area contributed by atoms with Gasteiger partial charge in [0.15, 0.2) is 0 Å². The molecule has 1 aromatic carbocycles. The van der Waals surface area contributed by atoms with Crippen LogP contribution < -0.4 is 5.56 Å². The van der Waals surface area contributed by atoms with Crippen LogP contribution in [0.25, 0.3) is 10.9 Å². The third kappa shape index (κ3) is 2.93. The first kappa shape index (κ1) is 13.5. The smallest absolute Gasteiger partial charge is 0.396 e. The Balaban J connectivity index is 2.51. The molecule has 0 fully saturated rings. The van der Waals surface area contributed by atoms with Crippen LogP contribution in [0.5, 0.6) is 0 Å². The number of aryl methyl sites for hydroxylation is 1. The highest BCUT2D eigenvalue weighted by molar-refractivity contribution is 5.78. The Morgan fingerprint density at radius 3 is 2.68 bits per heavy atom. The van der Waals surface area contributed by atoms with Gasteiger partial charge in [0.2, 0.25) is 0 Å². The molecule has 102 valence electrons. The van der Waals surface area contributed by atoms with Crippen molar-refractivity contribution in [1.29, 1.82) is 0 Å². The first-order chi connectivity index (χ1) is 8.91. The van der Waals surface area contributed by atoms with E-state index >= 15 is 0 Å². The largest absolute Gasteiger partial charge is 0.416 e. The molecular weight excluding hydrogens is 261 g/mol. The number of aliphatic hydroxyl groups is 1. The molecule has 0 atom stereocenters. The lowest BCUT2D eigenvalue weighted by Crippen LogP contribution is -2.14. The number of aliphatic hydroxyl groups excluding tert-OH is 1. The van der Waals surface area contributed by atoms with Crippen molar-refractivity contribution in [3.8, 4) is 0 Å². The lowest BCUT2D eigenvalue weighted by molar-refractivity contribution is -0.137. The number of hydrogen-bond acceptors (Lipinski definition) is 3. The van der Waals surface area contributed by atoms with Gasteiger partial charge >= 0.3 is 6.18 Å². The summed E-state index contributed by atoms with van der Waals surface area (Å²) in [5.74, 6) is 0.353. The highest BCUT2D eigenvalue weighted by atomic mass is 19.4. The van der Waals surface area contributed by atoms with Gasteiger partial charge in [-0.3, -0.25) is 4.79 Å². The Morgan fingerprint density at radius 1 is 1.32 bits per heavy atom. The molecule has 0 radical (unpaired) electrons. The number of fused-ring (bicyclic) bond motifs is 1. The van der Waals surface area contributed by atoms with Crippen molar-refractivity contribution in [2.45, 2.75) is 19.0 Å². The fourth-order valence-electron chi connectivity index (χ4n) is 1.73. The lowest BCUT2D eigenvalue weighted by atomic mass is 10.1. The van der Waals surface area contributed by atoms with E-state index in [0.29, 0.717) is 18.7 Å². The van der Waals surface area contributed by atoms with E-state index in [1.807, 2.05) is 0 Å². The number of halogens is 3. The molecule has 0 saturated heterocycles. The average Bonchev–Trinajstić information content (AvgIpc) is 2.35. The quantitative estimate of drug-likeness (QED) is 0.896. The zero-order valence-corrected chi connectivity index (χ0v) is 9.79. The summed E-state index contributed by atoms with van der Waals surface area (Å²) < 4.78 is 37.6. The second kappa shape index (κ2) is 5.00. The first-order valence-corrected chi connectivity index (χ1v) is 5.63. The van der Waals surface area contributed by atoms with Crippen LogP contribution in [0.1, 0.15) is 17.8 Å². The molecule has 1 aromatic heterocycles. The highest BCUT2D eigenvalue weighted by Crippen LogP contribution is 2.30. The predicted octanol–water partition coefficient (Wildman–Crippen LogP) is 1.87. The van der Waals surface area contributed by atoms with E-state index in [1.165, 1.54) is 6.07 Å². The summed E-state index contributed by atoms with van der Waals surface area (Å²) in [7, 11) is 0. The van der Waals surface area contributed by atoms with Gasteiger partial charge in [-0.1, -0.05) is 0 Å². The summed E-state index contributed by atoms with van der Waals surface area (Å²) >= 11 is 0. The fraction of sp³-hybridized carbons (Fsp3) is 0.333. The molecule has 0 amide bonds. The fourth-order valence-corrected chi connectivity index (χ4v) is 1.73. The van der Waals surface area contributed by atoms with Crippen LogP contribution in [0.15, 0.2) is 23.0 Å². The average molecular weight is 272 g/mol. The van der Waals surface area contributed by atoms with Crippen molar-refractivity contribution in [1.82, 2.24) is 9.97 Å². The Morgan fingerprint density at radius 2 is 2.05 bits per heavy atom. The number of H-pyrrole nitrogens is 1. The Hall–Kier alpha value is -1.89. The van der Waals surface area contributed by atoms with Crippen molar-refractivity contribution in [2.75, 3.05) is 6.61 Å². The molecule has 0 spiro atoms. The molecule has 2 aromatic rings. The molecule has 0 unspecified atom stereocenters. The molecule has 2 N–H and O–H groups in total. The van der Waals surface area contributed by atoms with E-state index in [4.69, 9.17) is 5.11 Å². The van der Waals surface area contributed by atoms with Gasteiger partial charge in [-0.05, 0) is 24.6 Å². The minimum Gasteiger partial charge on any atom is -0.396 e. The zero-order chi connectivity index (χ0) is 14.0. The number of hydrogen-bond donors (Lipinski definition) is 2. The van der Waals surface area contributed by atoms with Crippen molar-refractivity contribution in [3.63, 3.8) is 0 Å². The molecule has 0 aliphatic heterocycles. The number of alkyl halides is 3. The minimum atomic E-state index is -4.49. The summed E-state index contributed by atoms with van der Waals surface area (Å²) in [6.45, 7) is -0.0469. The highest BCUT2D eigenvalue weighted by Gasteiger charge is 2.30. The van der Waals surface area contributed by atoms with E-state index in [2.05, 4.69) is 9.97 Å². The van der Waals surface area contributed by atoms with Crippen molar-refractivity contribution in [2.24, 2.45) is 0 Å². The summed E-state index contributed by atoms with van der Waals surface area (Å²) in [5, 5.41) is 8.60. The number of aromatic amines is 1. The van der Waals surface area contributed by atoms with Crippen molar-refractivity contribution >= 4 is 10.9 Å². The first-order valence-electron chi connectivity index (χ1n) is 5.63. The van der Waals surface area contributed by atoms with E-state index in [1.54, 1.807) is 0 Å². The lowest BCUT2D eigenvalue weighted by Gasteiger charge is -2.07. The van der Waals surface area contributed by atoms with Gasteiger partial charge in [0.1, 0.15) is 5.82 Å². The number of rotatable bonds is 3. The number of benzene rings is 1. The molecule has 0 bridgehead atoms. The standard InChI is InChI=1S/C12H11F3N2O2/c13-12(14,15)7-3-4-9-8(6-7)11(19)17-10(16-9)2-1-5-18/h3-4,6,18H,1-2,5H2,(H,16,17,19). The van der Waals surface area contributed by atoms with Crippen LogP contribution in [0, 0.1) is 0 Å². The van der Waals surface area contributed by atoms with Gasteiger partial charge in [-0.25, -0.2) is 4.98 Å². The topological polar surface area (TPSA) is 66.0 Å². The summed E-state index contributed by atoms with van der Waals surface area (Å²) in [6.07, 6.45) is -3.70. The van der Waals surface area contributed by atoms with Crippen LogP contribution >= 0.6 is 0 Å². The molecular formula is C12H11F3N2O2. The minimum absolute atomic E-state index is 0.0469. The SMILES string of the molecule is O=c1[nH]c(CCCO)nc2ccc(C(F)(F)F)cc12. The van der Waals surface area contributed by atoms with E-state index in [9.17, 15) is 18.0 Å². The summed E-state index contributed by atoms with van der Waals surface area (Å²) in [5.41, 5.74) is -1.27. The second-order valence-corrected chi connectivity index (χ2v) is 4.07. The summed E-state index contributed by atoms with van der Waals surface area (Å²) in [4.78, 5) is 18.2. The van der Waals surface area contributed by atoms with E-state index in [-0.39, 0.29) is 17.5 Å². The van der Waals surface area contributed by atoms with Gasteiger partial charge in [-0.15, -0.1) is 0 Å². The monoisotopic (exact) mass is 272 g/mol. The molecule has 1 heterocycles. The number of nitrogens with one attached hydrogen (secondary N) is 1. The van der Waals surface area contributed by atoms with Crippen LogP contribution in [-0.4, -0.2) is 21.7 Å². The van der Waals surface area contributed by atoms with Crippen LogP contribution in [-0.2, 0) is 12.6 Å². The predicted molar refractivity (Wildman–Crippen MR) is 62.8 cm³/mol. The number of aromatic nitrogens is 2. The molecule has 0 aliphatic carbocycles. The van der Waals surface area contributed by atoms with Gasteiger partial charge in [0.25, 0.3) is 5.56 Å². The maximum Gasteiger partial charge on any atom is 0.416 e. The van der Waals surface area contributed by atoms with Crippen LogP contribution in [0.4, 0.5) is 13.2 Å². The Labute approximate surface area is 105 Å². The second-order valence-electron chi connectivity index (χ2n) is 4.07. The third-order valence-electron chi connectivity index (χ3n) is 2.65. The van der Waals surface area contributed by atoms with Gasteiger partial charge in [0, 0.05) is 13.0 Å². The molecule has 19 heavy (non-hydrogen) atoms. The molecule has 7 heteroatoms. The molecule has 0 aliphatic rings. The molecule has 2 rings (SSSR count). The normalized spacial score (nSPS) is 12.0. The Bertz CT molecular complexity index is 649. The van der Waals surface area contributed by atoms with E-state index < -0.39 is 17.3 Å².